The van der Waals surface area contributed by atoms with E-state index in [9.17, 15) is 9.59 Å². The molecule has 23 heavy (non-hydrogen) atoms. The summed E-state index contributed by atoms with van der Waals surface area (Å²) >= 11 is 0. The summed E-state index contributed by atoms with van der Waals surface area (Å²) in [4.78, 5) is 25.3. The zero-order valence-electron chi connectivity index (χ0n) is 14.2. The molecule has 1 saturated heterocycles. The Morgan fingerprint density at radius 1 is 1.26 bits per heavy atom. The van der Waals surface area contributed by atoms with Crippen LogP contribution in [-0.4, -0.2) is 55.9 Å². The summed E-state index contributed by atoms with van der Waals surface area (Å²) in [6.07, 6.45) is 8.05. The van der Waals surface area contributed by atoms with Gasteiger partial charge < -0.3 is 19.7 Å². The molecule has 0 bridgehead atoms. The Bertz CT molecular complexity index is 383. The van der Waals surface area contributed by atoms with Crippen molar-refractivity contribution in [2.75, 3.05) is 32.8 Å². The van der Waals surface area contributed by atoms with E-state index in [0.717, 1.165) is 12.3 Å². The second-order valence-electron chi connectivity index (χ2n) is 6.47. The van der Waals surface area contributed by atoms with Crippen molar-refractivity contribution < 1.29 is 19.1 Å². The number of esters is 1. The average molecular weight is 326 g/mol. The van der Waals surface area contributed by atoms with Crippen LogP contribution >= 0.6 is 0 Å². The van der Waals surface area contributed by atoms with Gasteiger partial charge in [-0.15, -0.1) is 0 Å². The highest BCUT2D eigenvalue weighted by Crippen LogP contribution is 2.28. The van der Waals surface area contributed by atoms with E-state index in [2.05, 4.69) is 5.32 Å². The molecule has 6 heteroatoms. The van der Waals surface area contributed by atoms with E-state index in [1.807, 2.05) is 4.90 Å². The molecule has 1 unspecified atom stereocenters. The highest BCUT2D eigenvalue weighted by atomic mass is 16.5. The van der Waals surface area contributed by atoms with Gasteiger partial charge in [0.05, 0.1) is 25.7 Å². The smallest absolute Gasteiger partial charge is 0.317 e. The van der Waals surface area contributed by atoms with Crippen molar-refractivity contribution in [2.45, 2.75) is 58.0 Å². The predicted octanol–water partition coefficient (Wildman–Crippen LogP) is 2.32. The molecule has 0 spiro atoms. The summed E-state index contributed by atoms with van der Waals surface area (Å²) < 4.78 is 10.7. The number of nitrogens with one attached hydrogen (secondary N) is 1. The van der Waals surface area contributed by atoms with Crippen LogP contribution < -0.4 is 5.32 Å². The Balaban J connectivity index is 1.67. The number of morpholine rings is 1. The van der Waals surface area contributed by atoms with Crippen molar-refractivity contribution in [3.05, 3.63) is 0 Å². The van der Waals surface area contributed by atoms with Gasteiger partial charge in [0, 0.05) is 19.6 Å². The van der Waals surface area contributed by atoms with Crippen LogP contribution in [0, 0.1) is 5.92 Å². The Kier molecular flexibility index (Phi) is 7.65. The monoisotopic (exact) mass is 326 g/mol. The molecule has 0 aromatic heterocycles. The molecule has 2 amide bonds. The van der Waals surface area contributed by atoms with Gasteiger partial charge in [-0.1, -0.05) is 32.1 Å². The van der Waals surface area contributed by atoms with Crippen molar-refractivity contribution in [2.24, 2.45) is 5.92 Å². The number of hydrogen-bond donors (Lipinski definition) is 1. The van der Waals surface area contributed by atoms with Crippen molar-refractivity contribution in [1.82, 2.24) is 10.2 Å². The molecule has 1 saturated carbocycles. The summed E-state index contributed by atoms with van der Waals surface area (Å²) in [5, 5.41) is 2.80. The molecule has 0 aromatic rings. The van der Waals surface area contributed by atoms with Gasteiger partial charge in [-0.25, -0.2) is 4.79 Å². The molecule has 2 rings (SSSR count). The molecule has 1 aliphatic carbocycles. The second kappa shape index (κ2) is 9.75. The van der Waals surface area contributed by atoms with E-state index in [-0.39, 0.29) is 24.5 Å². The summed E-state index contributed by atoms with van der Waals surface area (Å²) in [5.74, 6) is 0.477. The molecule has 6 nitrogen and oxygen atoms in total. The molecule has 2 aliphatic rings. The van der Waals surface area contributed by atoms with Crippen LogP contribution in [0.25, 0.3) is 0 Å². The minimum absolute atomic E-state index is 0.105. The summed E-state index contributed by atoms with van der Waals surface area (Å²) in [6.45, 7) is 4.34. The van der Waals surface area contributed by atoms with Crippen LogP contribution in [-0.2, 0) is 14.3 Å². The molecule has 0 radical (unpaired) electrons. The highest BCUT2D eigenvalue weighted by molar-refractivity contribution is 5.75. The molecule has 1 N–H and O–H groups in total. The lowest BCUT2D eigenvalue weighted by atomic mass is 9.85. The molecule has 0 aromatic carbocycles. The lowest BCUT2D eigenvalue weighted by molar-refractivity contribution is -0.142. The first-order valence-electron chi connectivity index (χ1n) is 8.99. The number of carbonyl (C=O) groups excluding carboxylic acids is 2. The standard InChI is InChI=1S/C17H30N2O4/c1-2-22-16(20)8-9-18-17(21)19-10-11-23-15(13-19)12-14-6-4-3-5-7-14/h14-15H,2-13H2,1H3,(H,18,21). The Labute approximate surface area is 138 Å². The van der Waals surface area contributed by atoms with E-state index in [1.54, 1.807) is 6.92 Å². The third kappa shape index (κ3) is 6.37. The predicted molar refractivity (Wildman–Crippen MR) is 87.2 cm³/mol. The molecule has 1 aliphatic heterocycles. The van der Waals surface area contributed by atoms with Crippen LogP contribution in [0.15, 0.2) is 0 Å². The van der Waals surface area contributed by atoms with Gasteiger partial charge in [0.15, 0.2) is 0 Å². The van der Waals surface area contributed by atoms with Gasteiger partial charge in [-0.2, -0.15) is 0 Å². The van der Waals surface area contributed by atoms with E-state index < -0.39 is 0 Å². The quantitative estimate of drug-likeness (QED) is 0.761. The number of rotatable bonds is 6. The number of amides is 2. The number of carbonyl (C=O) groups is 2. The van der Waals surface area contributed by atoms with Crippen LogP contribution in [0.2, 0.25) is 0 Å². The van der Waals surface area contributed by atoms with Gasteiger partial charge >= 0.3 is 12.0 Å². The number of nitrogens with zero attached hydrogens (tertiary/aromatic N) is 1. The lowest BCUT2D eigenvalue weighted by Gasteiger charge is -2.35. The van der Waals surface area contributed by atoms with Crippen molar-refractivity contribution in [3.63, 3.8) is 0 Å². The molecule has 132 valence electrons. The van der Waals surface area contributed by atoms with E-state index >= 15 is 0 Å². The Morgan fingerprint density at radius 3 is 2.78 bits per heavy atom. The van der Waals surface area contributed by atoms with Crippen molar-refractivity contribution in [3.8, 4) is 0 Å². The minimum atomic E-state index is -0.273. The summed E-state index contributed by atoms with van der Waals surface area (Å²) in [5.41, 5.74) is 0. The average Bonchev–Trinajstić information content (AvgIpc) is 2.56. The number of urea groups is 1. The number of ether oxygens (including phenoxy) is 2. The van der Waals surface area contributed by atoms with Gasteiger partial charge in [-0.3, -0.25) is 4.79 Å². The minimum Gasteiger partial charge on any atom is -0.466 e. The zero-order valence-corrected chi connectivity index (χ0v) is 14.2. The first-order chi connectivity index (χ1) is 11.2. The first-order valence-corrected chi connectivity index (χ1v) is 8.99. The number of hydrogen-bond acceptors (Lipinski definition) is 4. The molecule has 2 fully saturated rings. The largest absolute Gasteiger partial charge is 0.466 e. The third-order valence-corrected chi connectivity index (χ3v) is 4.66. The van der Waals surface area contributed by atoms with Crippen LogP contribution in [0.4, 0.5) is 4.79 Å². The molecular formula is C17H30N2O4. The summed E-state index contributed by atoms with van der Waals surface area (Å²) in [6, 6.07) is -0.105. The second-order valence-corrected chi connectivity index (χ2v) is 6.47. The SMILES string of the molecule is CCOC(=O)CCNC(=O)N1CCOC(CC2CCCCC2)C1. The maximum atomic E-state index is 12.2. The van der Waals surface area contributed by atoms with E-state index in [1.165, 1.54) is 32.1 Å². The highest BCUT2D eigenvalue weighted by Gasteiger charge is 2.27. The van der Waals surface area contributed by atoms with Crippen molar-refractivity contribution >= 4 is 12.0 Å². The molecule has 1 atom stereocenters. The van der Waals surface area contributed by atoms with Crippen LogP contribution in [0.3, 0.4) is 0 Å². The summed E-state index contributed by atoms with van der Waals surface area (Å²) in [7, 11) is 0. The molecular weight excluding hydrogens is 296 g/mol. The fourth-order valence-corrected chi connectivity index (χ4v) is 3.46. The fourth-order valence-electron chi connectivity index (χ4n) is 3.46. The van der Waals surface area contributed by atoms with Gasteiger partial charge in [0.1, 0.15) is 0 Å². The van der Waals surface area contributed by atoms with Gasteiger partial charge in [-0.05, 0) is 19.3 Å². The lowest BCUT2D eigenvalue weighted by Crippen LogP contribution is -2.50. The molecule has 1 heterocycles. The van der Waals surface area contributed by atoms with Gasteiger partial charge in [0.25, 0.3) is 0 Å². The maximum absolute atomic E-state index is 12.2. The van der Waals surface area contributed by atoms with Crippen LogP contribution in [0.1, 0.15) is 51.9 Å². The Morgan fingerprint density at radius 2 is 2.04 bits per heavy atom. The van der Waals surface area contributed by atoms with E-state index in [0.29, 0.717) is 32.8 Å². The topological polar surface area (TPSA) is 67.9 Å². The first kappa shape index (κ1) is 18.0. The van der Waals surface area contributed by atoms with Crippen LogP contribution in [0.5, 0.6) is 0 Å². The third-order valence-electron chi connectivity index (χ3n) is 4.66. The Hall–Kier alpha value is -1.30. The van der Waals surface area contributed by atoms with Crippen molar-refractivity contribution in [1.29, 1.82) is 0 Å². The maximum Gasteiger partial charge on any atom is 0.317 e. The normalized spacial score (nSPS) is 22.7. The fraction of sp³-hybridized carbons (Fsp3) is 0.882. The zero-order chi connectivity index (χ0) is 16.5. The van der Waals surface area contributed by atoms with E-state index in [4.69, 9.17) is 9.47 Å². The van der Waals surface area contributed by atoms with Gasteiger partial charge in [0.2, 0.25) is 0 Å².